The molecule has 0 unspecified atom stereocenters. The fourth-order valence-electron chi connectivity index (χ4n) is 2.07. The minimum atomic E-state index is 0. The molecule has 0 aliphatic carbocycles. The third-order valence-corrected chi connectivity index (χ3v) is 3.16. The molecule has 1 aliphatic rings. The van der Waals surface area contributed by atoms with E-state index in [0.717, 1.165) is 37.4 Å². The van der Waals surface area contributed by atoms with Crippen molar-refractivity contribution in [3.8, 4) is 0 Å². The maximum atomic E-state index is 6.01. The van der Waals surface area contributed by atoms with Crippen molar-refractivity contribution < 1.29 is 9.47 Å². The normalized spacial score (nSPS) is 15.8. The molecule has 0 aromatic heterocycles. The summed E-state index contributed by atoms with van der Waals surface area (Å²) in [4.78, 5) is 6.53. The Balaban J connectivity index is 0.00000200. The van der Waals surface area contributed by atoms with Gasteiger partial charge >= 0.3 is 0 Å². The Labute approximate surface area is 137 Å². The highest BCUT2D eigenvalue weighted by molar-refractivity contribution is 14.0. The van der Waals surface area contributed by atoms with Gasteiger partial charge in [0.15, 0.2) is 5.96 Å². The zero-order valence-corrected chi connectivity index (χ0v) is 14.1. The van der Waals surface area contributed by atoms with E-state index < -0.39 is 0 Å². The van der Waals surface area contributed by atoms with Gasteiger partial charge in [-0.2, -0.15) is 0 Å². The SMILES string of the molecule is COCc1ccccc1CN=C(N)N1CCOCC1.I. The molecule has 112 valence electrons. The zero-order valence-electron chi connectivity index (χ0n) is 11.7. The molecule has 0 saturated carbocycles. The number of nitrogens with two attached hydrogens (primary N) is 1. The standard InChI is InChI=1S/C14H21N3O2.HI/c1-18-11-13-5-3-2-4-12(13)10-16-14(15)17-6-8-19-9-7-17;/h2-5H,6-11H2,1H3,(H2,15,16);1H. The van der Waals surface area contributed by atoms with E-state index in [1.54, 1.807) is 7.11 Å². The second-order valence-electron chi connectivity index (χ2n) is 4.48. The first-order chi connectivity index (χ1) is 9.31. The number of ether oxygens (including phenoxy) is 2. The first kappa shape index (κ1) is 17.2. The highest BCUT2D eigenvalue weighted by atomic mass is 127. The average Bonchev–Trinajstić information content (AvgIpc) is 2.47. The van der Waals surface area contributed by atoms with Crippen molar-refractivity contribution in [2.75, 3.05) is 33.4 Å². The molecule has 2 N–H and O–H groups in total. The summed E-state index contributed by atoms with van der Waals surface area (Å²) in [5.41, 5.74) is 8.32. The number of methoxy groups -OCH3 is 1. The number of guanidine groups is 1. The van der Waals surface area contributed by atoms with Gasteiger partial charge in [-0.15, -0.1) is 24.0 Å². The van der Waals surface area contributed by atoms with Crippen molar-refractivity contribution in [2.24, 2.45) is 10.7 Å². The summed E-state index contributed by atoms with van der Waals surface area (Å²) in [7, 11) is 1.70. The Morgan fingerprint density at radius 3 is 2.60 bits per heavy atom. The van der Waals surface area contributed by atoms with Crippen LogP contribution in [0.4, 0.5) is 0 Å². The maximum Gasteiger partial charge on any atom is 0.191 e. The highest BCUT2D eigenvalue weighted by Gasteiger charge is 2.12. The molecule has 0 radical (unpaired) electrons. The van der Waals surface area contributed by atoms with Gasteiger partial charge in [0.05, 0.1) is 26.4 Å². The van der Waals surface area contributed by atoms with Crippen molar-refractivity contribution in [3.05, 3.63) is 35.4 Å². The van der Waals surface area contributed by atoms with Crippen LogP contribution in [-0.4, -0.2) is 44.3 Å². The minimum absolute atomic E-state index is 0. The second kappa shape index (κ2) is 9.15. The smallest absolute Gasteiger partial charge is 0.191 e. The van der Waals surface area contributed by atoms with E-state index in [4.69, 9.17) is 15.2 Å². The Morgan fingerprint density at radius 2 is 1.95 bits per heavy atom. The van der Waals surface area contributed by atoms with E-state index in [1.165, 1.54) is 0 Å². The lowest BCUT2D eigenvalue weighted by Gasteiger charge is -2.27. The summed E-state index contributed by atoms with van der Waals surface area (Å²) in [6, 6.07) is 8.13. The number of morpholine rings is 1. The van der Waals surface area contributed by atoms with Gasteiger partial charge in [0, 0.05) is 20.2 Å². The van der Waals surface area contributed by atoms with Crippen molar-refractivity contribution in [1.82, 2.24) is 4.90 Å². The van der Waals surface area contributed by atoms with Crippen molar-refractivity contribution in [1.29, 1.82) is 0 Å². The molecule has 0 spiro atoms. The lowest BCUT2D eigenvalue weighted by atomic mass is 10.1. The summed E-state index contributed by atoms with van der Waals surface area (Å²) >= 11 is 0. The Hall–Kier alpha value is -0.860. The van der Waals surface area contributed by atoms with Gasteiger partial charge in [-0.3, -0.25) is 0 Å². The third-order valence-electron chi connectivity index (χ3n) is 3.16. The van der Waals surface area contributed by atoms with Crippen LogP contribution < -0.4 is 5.73 Å². The summed E-state index contributed by atoms with van der Waals surface area (Å²) < 4.78 is 10.5. The predicted octanol–water partition coefficient (Wildman–Crippen LogP) is 1.60. The molecule has 6 heteroatoms. The fraction of sp³-hybridized carbons (Fsp3) is 0.500. The van der Waals surface area contributed by atoms with Gasteiger partial charge in [-0.05, 0) is 11.1 Å². The molecule has 2 rings (SSSR count). The van der Waals surface area contributed by atoms with Crippen LogP contribution in [0.3, 0.4) is 0 Å². The van der Waals surface area contributed by atoms with Crippen LogP contribution in [-0.2, 0) is 22.6 Å². The number of rotatable bonds is 4. The van der Waals surface area contributed by atoms with Crippen LogP contribution in [0.15, 0.2) is 29.3 Å². The molecule has 1 fully saturated rings. The second-order valence-corrected chi connectivity index (χ2v) is 4.48. The fourth-order valence-corrected chi connectivity index (χ4v) is 2.07. The van der Waals surface area contributed by atoms with Crippen LogP contribution in [0, 0.1) is 0 Å². The molecule has 5 nitrogen and oxygen atoms in total. The Kier molecular flexibility index (Phi) is 7.86. The van der Waals surface area contributed by atoms with Crippen molar-refractivity contribution in [3.63, 3.8) is 0 Å². The minimum Gasteiger partial charge on any atom is -0.380 e. The van der Waals surface area contributed by atoms with Crippen molar-refractivity contribution >= 4 is 29.9 Å². The summed E-state index contributed by atoms with van der Waals surface area (Å²) in [5.74, 6) is 0.593. The molecule has 1 saturated heterocycles. The van der Waals surface area contributed by atoms with Gasteiger partial charge in [-0.1, -0.05) is 24.3 Å². The topological polar surface area (TPSA) is 60.1 Å². The van der Waals surface area contributed by atoms with Crippen LogP contribution in [0.2, 0.25) is 0 Å². The average molecular weight is 391 g/mol. The largest absolute Gasteiger partial charge is 0.380 e. The van der Waals surface area contributed by atoms with Crippen LogP contribution >= 0.6 is 24.0 Å². The molecule has 0 amide bonds. The van der Waals surface area contributed by atoms with E-state index in [-0.39, 0.29) is 24.0 Å². The number of nitrogens with zero attached hydrogens (tertiary/aromatic N) is 2. The van der Waals surface area contributed by atoms with Crippen LogP contribution in [0.25, 0.3) is 0 Å². The molecule has 1 aromatic carbocycles. The molecule has 0 atom stereocenters. The summed E-state index contributed by atoms with van der Waals surface area (Å²) in [5, 5.41) is 0. The van der Waals surface area contributed by atoms with Crippen LogP contribution in [0.1, 0.15) is 11.1 Å². The van der Waals surface area contributed by atoms with Gasteiger partial charge < -0.3 is 20.1 Å². The first-order valence-electron chi connectivity index (χ1n) is 6.49. The maximum absolute atomic E-state index is 6.01. The third kappa shape index (κ3) is 4.92. The summed E-state index contributed by atoms with van der Waals surface area (Å²) in [6.45, 7) is 4.25. The van der Waals surface area contributed by atoms with E-state index >= 15 is 0 Å². The van der Waals surface area contributed by atoms with Gasteiger partial charge in [0.1, 0.15) is 0 Å². The van der Waals surface area contributed by atoms with E-state index in [2.05, 4.69) is 22.0 Å². The molecule has 20 heavy (non-hydrogen) atoms. The lowest BCUT2D eigenvalue weighted by Crippen LogP contribution is -2.44. The van der Waals surface area contributed by atoms with Gasteiger partial charge in [-0.25, -0.2) is 4.99 Å². The molecule has 0 bridgehead atoms. The molecular formula is C14H22IN3O2. The predicted molar refractivity (Wildman–Crippen MR) is 90.3 cm³/mol. The first-order valence-corrected chi connectivity index (χ1v) is 6.49. The van der Waals surface area contributed by atoms with Gasteiger partial charge in [0.2, 0.25) is 0 Å². The molecule has 1 aliphatic heterocycles. The monoisotopic (exact) mass is 391 g/mol. The summed E-state index contributed by atoms with van der Waals surface area (Å²) in [6.07, 6.45) is 0. The number of aliphatic imine (C=N–C) groups is 1. The Bertz CT molecular complexity index is 434. The lowest BCUT2D eigenvalue weighted by molar-refractivity contribution is 0.0674. The van der Waals surface area contributed by atoms with Gasteiger partial charge in [0.25, 0.3) is 0 Å². The van der Waals surface area contributed by atoms with Crippen molar-refractivity contribution in [2.45, 2.75) is 13.2 Å². The van der Waals surface area contributed by atoms with E-state index in [1.807, 2.05) is 12.1 Å². The number of halogens is 1. The molecular weight excluding hydrogens is 369 g/mol. The molecule has 1 heterocycles. The highest BCUT2D eigenvalue weighted by Crippen LogP contribution is 2.11. The number of benzene rings is 1. The number of hydrogen-bond donors (Lipinski definition) is 1. The van der Waals surface area contributed by atoms with E-state index in [0.29, 0.717) is 19.1 Å². The van der Waals surface area contributed by atoms with Crippen LogP contribution in [0.5, 0.6) is 0 Å². The quantitative estimate of drug-likeness (QED) is 0.481. The zero-order chi connectivity index (χ0) is 13.5. The Morgan fingerprint density at radius 1 is 1.30 bits per heavy atom. The van der Waals surface area contributed by atoms with E-state index in [9.17, 15) is 0 Å². The number of hydrogen-bond acceptors (Lipinski definition) is 3. The molecule has 1 aromatic rings.